The Morgan fingerprint density at radius 2 is 2.06 bits per heavy atom. The van der Waals surface area contributed by atoms with Gasteiger partial charge >= 0.3 is 0 Å². The molecule has 0 aliphatic heterocycles. The molecule has 1 rings (SSSR count). The van der Waals surface area contributed by atoms with E-state index in [4.69, 9.17) is 11.6 Å². The Bertz CT molecular complexity index is 334. The summed E-state index contributed by atoms with van der Waals surface area (Å²) in [6.45, 7) is 10.5. The Morgan fingerprint density at radius 1 is 1.39 bits per heavy atom. The van der Waals surface area contributed by atoms with Crippen molar-refractivity contribution in [3.8, 4) is 0 Å². The Labute approximate surface area is 116 Å². The van der Waals surface area contributed by atoms with Gasteiger partial charge in [0.1, 0.15) is 0 Å². The monoisotopic (exact) mass is 271 g/mol. The average molecular weight is 272 g/mol. The number of rotatable bonds is 8. The molecule has 4 heteroatoms. The maximum atomic E-state index is 6.09. The van der Waals surface area contributed by atoms with Crippen molar-refractivity contribution in [3.63, 3.8) is 0 Å². The number of aromatic nitrogens is 2. The second-order valence-electron chi connectivity index (χ2n) is 5.33. The van der Waals surface area contributed by atoms with Gasteiger partial charge in [-0.1, -0.05) is 13.8 Å². The lowest BCUT2D eigenvalue weighted by molar-refractivity contribution is 0.285. The van der Waals surface area contributed by atoms with Crippen LogP contribution in [0, 0.1) is 5.41 Å². The molecule has 1 aromatic heterocycles. The third-order valence-electron chi connectivity index (χ3n) is 3.78. The molecular formula is C14H26ClN3. The minimum absolute atomic E-state index is 0.224. The van der Waals surface area contributed by atoms with Gasteiger partial charge in [-0.05, 0) is 38.2 Å². The molecular weight excluding hydrogens is 246 g/mol. The minimum Gasteiger partial charge on any atom is -0.311 e. The second kappa shape index (κ2) is 7.15. The Balaban J connectivity index is 2.45. The summed E-state index contributed by atoms with van der Waals surface area (Å²) >= 11 is 6.09. The number of hydrogen-bond donors (Lipinski definition) is 1. The van der Waals surface area contributed by atoms with Crippen LogP contribution in [-0.4, -0.2) is 22.2 Å². The standard InChI is InChI=1S/C14H26ClN3/c1-5-14(6-2,10-15)11-16-9-13-7-8-18(17-13)12(3)4/h7-8,12,16H,5-6,9-11H2,1-4H3. The van der Waals surface area contributed by atoms with Crippen LogP contribution in [0.25, 0.3) is 0 Å². The third-order valence-corrected chi connectivity index (χ3v) is 4.35. The Morgan fingerprint density at radius 3 is 2.50 bits per heavy atom. The molecule has 0 bridgehead atoms. The minimum atomic E-state index is 0.224. The zero-order chi connectivity index (χ0) is 13.6. The molecule has 0 spiro atoms. The normalized spacial score (nSPS) is 12.3. The molecule has 0 aliphatic carbocycles. The first kappa shape index (κ1) is 15.5. The van der Waals surface area contributed by atoms with Crippen LogP contribution in [-0.2, 0) is 6.54 Å². The lowest BCUT2D eigenvalue weighted by Gasteiger charge is -2.29. The van der Waals surface area contributed by atoms with Crippen LogP contribution < -0.4 is 5.32 Å². The zero-order valence-corrected chi connectivity index (χ0v) is 12.8. The van der Waals surface area contributed by atoms with Gasteiger partial charge in [-0.3, -0.25) is 4.68 Å². The highest BCUT2D eigenvalue weighted by Crippen LogP contribution is 2.26. The number of nitrogens with one attached hydrogen (secondary N) is 1. The topological polar surface area (TPSA) is 29.9 Å². The molecule has 1 N–H and O–H groups in total. The number of halogens is 1. The van der Waals surface area contributed by atoms with Crippen LogP contribution >= 0.6 is 11.6 Å². The summed E-state index contributed by atoms with van der Waals surface area (Å²) in [5.74, 6) is 0.716. The zero-order valence-electron chi connectivity index (χ0n) is 12.0. The summed E-state index contributed by atoms with van der Waals surface area (Å²) in [7, 11) is 0. The van der Waals surface area contributed by atoms with E-state index in [2.05, 4.69) is 44.2 Å². The number of nitrogens with zero attached hydrogens (tertiary/aromatic N) is 2. The molecule has 0 saturated carbocycles. The van der Waals surface area contributed by atoms with Gasteiger partial charge in [-0.25, -0.2) is 0 Å². The van der Waals surface area contributed by atoms with Gasteiger partial charge in [0, 0.05) is 31.2 Å². The van der Waals surface area contributed by atoms with Crippen molar-refractivity contribution in [1.29, 1.82) is 0 Å². The Hall–Kier alpha value is -0.540. The van der Waals surface area contributed by atoms with Gasteiger partial charge < -0.3 is 5.32 Å². The van der Waals surface area contributed by atoms with E-state index in [-0.39, 0.29) is 5.41 Å². The van der Waals surface area contributed by atoms with E-state index in [1.54, 1.807) is 0 Å². The molecule has 0 saturated heterocycles. The first-order valence-electron chi connectivity index (χ1n) is 6.87. The van der Waals surface area contributed by atoms with Crippen molar-refractivity contribution >= 4 is 11.6 Å². The molecule has 0 unspecified atom stereocenters. The first-order chi connectivity index (χ1) is 8.56. The maximum Gasteiger partial charge on any atom is 0.0762 e. The second-order valence-corrected chi connectivity index (χ2v) is 5.59. The quantitative estimate of drug-likeness (QED) is 0.732. The van der Waals surface area contributed by atoms with Gasteiger partial charge in [0.15, 0.2) is 0 Å². The first-order valence-corrected chi connectivity index (χ1v) is 7.41. The molecule has 0 aromatic carbocycles. The van der Waals surface area contributed by atoms with Crippen LogP contribution in [0.3, 0.4) is 0 Å². The van der Waals surface area contributed by atoms with Crippen LogP contribution in [0.1, 0.15) is 52.3 Å². The molecule has 0 atom stereocenters. The van der Waals surface area contributed by atoms with Gasteiger partial charge in [0.05, 0.1) is 5.69 Å². The van der Waals surface area contributed by atoms with Crippen LogP contribution in [0.5, 0.6) is 0 Å². The summed E-state index contributed by atoms with van der Waals surface area (Å²) in [5.41, 5.74) is 1.32. The third kappa shape index (κ3) is 3.99. The molecule has 0 aliphatic rings. The number of hydrogen-bond acceptors (Lipinski definition) is 2. The molecule has 1 aromatic rings. The van der Waals surface area contributed by atoms with E-state index in [9.17, 15) is 0 Å². The van der Waals surface area contributed by atoms with Gasteiger partial charge in [0.25, 0.3) is 0 Å². The maximum absolute atomic E-state index is 6.09. The summed E-state index contributed by atoms with van der Waals surface area (Å²) in [4.78, 5) is 0. The lowest BCUT2D eigenvalue weighted by atomic mass is 9.84. The van der Waals surface area contributed by atoms with E-state index in [1.165, 1.54) is 0 Å². The molecule has 3 nitrogen and oxygen atoms in total. The summed E-state index contributed by atoms with van der Waals surface area (Å²) < 4.78 is 1.99. The molecule has 0 fully saturated rings. The van der Waals surface area contributed by atoms with Gasteiger partial charge in [-0.15, -0.1) is 11.6 Å². The molecule has 104 valence electrons. The predicted octanol–water partition coefficient (Wildman–Crippen LogP) is 3.60. The van der Waals surface area contributed by atoms with Crippen molar-refractivity contribution < 1.29 is 0 Å². The number of alkyl halides is 1. The fourth-order valence-electron chi connectivity index (χ4n) is 1.95. The van der Waals surface area contributed by atoms with Crippen molar-refractivity contribution in [1.82, 2.24) is 15.1 Å². The highest BCUT2D eigenvalue weighted by Gasteiger charge is 2.24. The van der Waals surface area contributed by atoms with E-state index in [0.29, 0.717) is 11.9 Å². The lowest BCUT2D eigenvalue weighted by Crippen LogP contribution is -2.34. The summed E-state index contributed by atoms with van der Waals surface area (Å²) in [6, 6.07) is 2.50. The molecule has 1 heterocycles. The van der Waals surface area contributed by atoms with Crippen LogP contribution in [0.2, 0.25) is 0 Å². The molecule has 18 heavy (non-hydrogen) atoms. The highest BCUT2D eigenvalue weighted by molar-refractivity contribution is 6.18. The van der Waals surface area contributed by atoms with Gasteiger partial charge in [-0.2, -0.15) is 5.10 Å². The van der Waals surface area contributed by atoms with Crippen LogP contribution in [0.15, 0.2) is 12.3 Å². The average Bonchev–Trinajstić information content (AvgIpc) is 2.84. The van der Waals surface area contributed by atoms with Crippen LogP contribution in [0.4, 0.5) is 0 Å². The molecule has 0 radical (unpaired) electrons. The molecule has 0 amide bonds. The van der Waals surface area contributed by atoms with Crippen molar-refractivity contribution in [3.05, 3.63) is 18.0 Å². The Kier molecular flexibility index (Phi) is 6.16. The summed E-state index contributed by atoms with van der Waals surface area (Å²) in [6.07, 6.45) is 4.26. The SMILES string of the molecule is CCC(CC)(CCl)CNCc1ccn(C(C)C)n1. The van der Waals surface area contributed by atoms with Crippen molar-refractivity contribution in [2.75, 3.05) is 12.4 Å². The largest absolute Gasteiger partial charge is 0.311 e. The van der Waals surface area contributed by atoms with Gasteiger partial charge in [0.2, 0.25) is 0 Å². The summed E-state index contributed by atoms with van der Waals surface area (Å²) in [5, 5.41) is 8.02. The predicted molar refractivity (Wildman–Crippen MR) is 78.1 cm³/mol. The van der Waals surface area contributed by atoms with E-state index < -0.39 is 0 Å². The van der Waals surface area contributed by atoms with E-state index in [0.717, 1.165) is 31.6 Å². The van der Waals surface area contributed by atoms with E-state index in [1.807, 2.05) is 10.9 Å². The van der Waals surface area contributed by atoms with E-state index >= 15 is 0 Å². The smallest absolute Gasteiger partial charge is 0.0762 e. The highest BCUT2D eigenvalue weighted by atomic mass is 35.5. The fraction of sp³-hybridized carbons (Fsp3) is 0.786. The van der Waals surface area contributed by atoms with Crippen molar-refractivity contribution in [2.45, 2.75) is 53.1 Å². The van der Waals surface area contributed by atoms with Crippen molar-refractivity contribution in [2.24, 2.45) is 5.41 Å². The fourth-order valence-corrected chi connectivity index (χ4v) is 2.42.